The van der Waals surface area contributed by atoms with Gasteiger partial charge in [0.15, 0.2) is 0 Å². The van der Waals surface area contributed by atoms with E-state index in [2.05, 4.69) is 16.6 Å². The topological polar surface area (TPSA) is 29.5 Å². The maximum Gasteiger partial charge on any atom is 0.331 e. The van der Waals surface area contributed by atoms with Gasteiger partial charge in [0, 0.05) is 25.4 Å². The average Bonchev–Trinajstić information content (AvgIpc) is 2.15. The maximum absolute atomic E-state index is 10.9. The molecule has 0 spiro atoms. The molecule has 1 fully saturated rings. The van der Waals surface area contributed by atoms with Crippen LogP contribution in [-0.2, 0) is 9.53 Å². The second-order valence-corrected chi connectivity index (χ2v) is 3.72. The second-order valence-electron chi connectivity index (χ2n) is 3.72. The Morgan fingerprint density at radius 1 is 1.57 bits per heavy atom. The number of nitrogens with zero attached hydrogens (tertiary/aromatic N) is 1. The minimum absolute atomic E-state index is 0.281. The molecule has 80 valence electrons. The van der Waals surface area contributed by atoms with Crippen LogP contribution in [0.4, 0.5) is 0 Å². The van der Waals surface area contributed by atoms with Crippen molar-refractivity contribution in [2.75, 3.05) is 20.2 Å². The van der Waals surface area contributed by atoms with Crippen LogP contribution in [0, 0.1) is 5.92 Å². The Labute approximate surface area is 85.7 Å². The monoisotopic (exact) mass is 197 g/mol. The smallest absolute Gasteiger partial charge is 0.331 e. The van der Waals surface area contributed by atoms with E-state index in [1.165, 1.54) is 32.4 Å². The number of hydrogen-bond donors (Lipinski definition) is 0. The van der Waals surface area contributed by atoms with E-state index in [1.807, 2.05) is 6.20 Å². The van der Waals surface area contributed by atoms with Crippen LogP contribution in [0.3, 0.4) is 0 Å². The first-order valence-electron chi connectivity index (χ1n) is 5.26. The van der Waals surface area contributed by atoms with Gasteiger partial charge in [0.05, 0.1) is 7.11 Å². The second kappa shape index (κ2) is 5.68. The Morgan fingerprint density at radius 2 is 2.29 bits per heavy atom. The molecule has 0 aliphatic heterocycles. The first kappa shape index (κ1) is 11.1. The molecule has 0 atom stereocenters. The Hall–Kier alpha value is -0.990. The van der Waals surface area contributed by atoms with E-state index < -0.39 is 0 Å². The lowest BCUT2D eigenvalue weighted by Gasteiger charge is -2.30. The zero-order valence-corrected chi connectivity index (χ0v) is 9.03. The summed E-state index contributed by atoms with van der Waals surface area (Å²) in [6.45, 7) is 4.12. The molecule has 0 amide bonds. The summed E-state index contributed by atoms with van der Waals surface area (Å²) in [6.07, 6.45) is 7.36. The predicted molar refractivity (Wildman–Crippen MR) is 55.7 cm³/mol. The average molecular weight is 197 g/mol. The molecule has 0 saturated heterocycles. The number of esters is 1. The summed E-state index contributed by atoms with van der Waals surface area (Å²) >= 11 is 0. The SMILES string of the molecule is CCN(/C=C/C(=O)OC)CC1CCC1. The van der Waals surface area contributed by atoms with Crippen molar-refractivity contribution in [3.8, 4) is 0 Å². The molecule has 1 saturated carbocycles. The van der Waals surface area contributed by atoms with Gasteiger partial charge in [-0.3, -0.25) is 0 Å². The van der Waals surface area contributed by atoms with Gasteiger partial charge in [-0.2, -0.15) is 0 Å². The van der Waals surface area contributed by atoms with Crippen LogP contribution in [0.15, 0.2) is 12.3 Å². The summed E-state index contributed by atoms with van der Waals surface area (Å²) in [6, 6.07) is 0. The third-order valence-electron chi connectivity index (χ3n) is 2.75. The fourth-order valence-corrected chi connectivity index (χ4v) is 1.54. The van der Waals surface area contributed by atoms with Crippen molar-refractivity contribution in [2.45, 2.75) is 26.2 Å². The quantitative estimate of drug-likeness (QED) is 0.497. The molecule has 3 nitrogen and oxygen atoms in total. The Bertz CT molecular complexity index is 209. The molecule has 1 aliphatic carbocycles. The van der Waals surface area contributed by atoms with E-state index >= 15 is 0 Å². The highest BCUT2D eigenvalue weighted by atomic mass is 16.5. The summed E-state index contributed by atoms with van der Waals surface area (Å²) in [5, 5.41) is 0. The lowest BCUT2D eigenvalue weighted by atomic mass is 9.85. The molecule has 3 heteroatoms. The highest BCUT2D eigenvalue weighted by molar-refractivity contribution is 5.81. The van der Waals surface area contributed by atoms with Crippen molar-refractivity contribution < 1.29 is 9.53 Å². The molecule has 14 heavy (non-hydrogen) atoms. The summed E-state index contributed by atoms with van der Waals surface area (Å²) in [5.41, 5.74) is 0. The molecule has 1 rings (SSSR count). The van der Waals surface area contributed by atoms with Crippen LogP contribution in [0.25, 0.3) is 0 Å². The number of hydrogen-bond acceptors (Lipinski definition) is 3. The van der Waals surface area contributed by atoms with Gasteiger partial charge >= 0.3 is 5.97 Å². The first-order chi connectivity index (χ1) is 6.76. The molecule has 0 aromatic rings. The van der Waals surface area contributed by atoms with Gasteiger partial charge < -0.3 is 9.64 Å². The summed E-state index contributed by atoms with van der Waals surface area (Å²) in [5.74, 6) is 0.550. The Morgan fingerprint density at radius 3 is 2.71 bits per heavy atom. The summed E-state index contributed by atoms with van der Waals surface area (Å²) in [7, 11) is 1.40. The van der Waals surface area contributed by atoms with E-state index in [0.717, 1.165) is 19.0 Å². The lowest BCUT2D eigenvalue weighted by molar-refractivity contribution is -0.134. The largest absolute Gasteiger partial charge is 0.466 e. The van der Waals surface area contributed by atoms with E-state index in [0.29, 0.717) is 0 Å². The minimum atomic E-state index is -0.281. The van der Waals surface area contributed by atoms with E-state index in [-0.39, 0.29) is 5.97 Å². The molecule has 0 aromatic carbocycles. The molecule has 0 unspecified atom stereocenters. The van der Waals surface area contributed by atoms with Crippen molar-refractivity contribution in [3.05, 3.63) is 12.3 Å². The summed E-state index contributed by atoms with van der Waals surface area (Å²) < 4.78 is 4.54. The number of carbonyl (C=O) groups excluding carboxylic acids is 1. The third-order valence-corrected chi connectivity index (χ3v) is 2.75. The van der Waals surface area contributed by atoms with Gasteiger partial charge in [0.1, 0.15) is 0 Å². The lowest BCUT2D eigenvalue weighted by Crippen LogP contribution is -2.28. The molecule has 0 heterocycles. The van der Waals surface area contributed by atoms with Crippen LogP contribution in [-0.4, -0.2) is 31.1 Å². The molecule has 0 N–H and O–H groups in total. The van der Waals surface area contributed by atoms with Crippen LogP contribution in [0.5, 0.6) is 0 Å². The van der Waals surface area contributed by atoms with Crippen LogP contribution in [0.2, 0.25) is 0 Å². The van der Waals surface area contributed by atoms with Crippen molar-refractivity contribution in [1.82, 2.24) is 4.90 Å². The number of rotatable bonds is 5. The van der Waals surface area contributed by atoms with Gasteiger partial charge in [0.25, 0.3) is 0 Å². The van der Waals surface area contributed by atoms with Crippen LogP contribution >= 0.6 is 0 Å². The molecular formula is C11H19NO2. The standard InChI is InChI=1S/C11H19NO2/c1-3-12(8-7-11(13)14-2)9-10-5-4-6-10/h7-8,10H,3-6,9H2,1-2H3/b8-7+. The van der Waals surface area contributed by atoms with Gasteiger partial charge in [-0.1, -0.05) is 6.42 Å². The number of ether oxygens (including phenoxy) is 1. The van der Waals surface area contributed by atoms with Gasteiger partial charge in [-0.05, 0) is 25.7 Å². The van der Waals surface area contributed by atoms with E-state index in [1.54, 1.807) is 0 Å². The third kappa shape index (κ3) is 3.40. The highest BCUT2D eigenvalue weighted by Crippen LogP contribution is 2.26. The van der Waals surface area contributed by atoms with Crippen LogP contribution < -0.4 is 0 Å². The Kier molecular flexibility index (Phi) is 4.50. The van der Waals surface area contributed by atoms with Crippen molar-refractivity contribution >= 4 is 5.97 Å². The molecule has 0 radical (unpaired) electrons. The normalized spacial score (nSPS) is 16.7. The predicted octanol–water partition coefficient (Wildman–Crippen LogP) is 1.80. The van der Waals surface area contributed by atoms with Crippen molar-refractivity contribution in [3.63, 3.8) is 0 Å². The maximum atomic E-state index is 10.9. The Balaban J connectivity index is 2.29. The number of carbonyl (C=O) groups is 1. The van der Waals surface area contributed by atoms with E-state index in [9.17, 15) is 4.79 Å². The molecule has 0 bridgehead atoms. The first-order valence-corrected chi connectivity index (χ1v) is 5.26. The van der Waals surface area contributed by atoms with Crippen LogP contribution in [0.1, 0.15) is 26.2 Å². The fourth-order valence-electron chi connectivity index (χ4n) is 1.54. The minimum Gasteiger partial charge on any atom is -0.466 e. The van der Waals surface area contributed by atoms with Gasteiger partial charge in [-0.15, -0.1) is 0 Å². The van der Waals surface area contributed by atoms with E-state index in [4.69, 9.17) is 0 Å². The summed E-state index contributed by atoms with van der Waals surface area (Å²) in [4.78, 5) is 13.0. The molecule has 1 aliphatic rings. The fraction of sp³-hybridized carbons (Fsp3) is 0.727. The molecule has 0 aromatic heterocycles. The zero-order chi connectivity index (χ0) is 10.4. The van der Waals surface area contributed by atoms with Gasteiger partial charge in [-0.25, -0.2) is 4.79 Å². The molecular weight excluding hydrogens is 178 g/mol. The van der Waals surface area contributed by atoms with Gasteiger partial charge in [0.2, 0.25) is 0 Å². The van der Waals surface area contributed by atoms with Crippen molar-refractivity contribution in [2.24, 2.45) is 5.92 Å². The zero-order valence-electron chi connectivity index (χ0n) is 9.03. The highest BCUT2D eigenvalue weighted by Gasteiger charge is 2.18. The van der Waals surface area contributed by atoms with Crippen molar-refractivity contribution in [1.29, 1.82) is 0 Å². The number of methoxy groups -OCH3 is 1.